The monoisotopic (exact) mass is 234 g/mol. The fraction of sp³-hybridized carbons (Fsp3) is 0.533. The summed E-state index contributed by atoms with van der Waals surface area (Å²) in [5, 5.41) is 0. The molecule has 0 heterocycles. The van der Waals surface area contributed by atoms with Crippen molar-refractivity contribution in [3.05, 3.63) is 35.9 Å². The summed E-state index contributed by atoms with van der Waals surface area (Å²) in [6, 6.07) is 9.94. The number of benzene rings is 1. The van der Waals surface area contributed by atoms with Gasteiger partial charge in [0.1, 0.15) is 6.10 Å². The zero-order chi connectivity index (χ0) is 12.9. The second-order valence-electron chi connectivity index (χ2n) is 5.61. The van der Waals surface area contributed by atoms with Crippen molar-refractivity contribution in [3.8, 4) is 0 Å². The molecule has 0 aliphatic heterocycles. The lowest BCUT2D eigenvalue weighted by molar-refractivity contribution is -0.147. The Morgan fingerprint density at radius 2 is 1.82 bits per heavy atom. The van der Waals surface area contributed by atoms with Crippen LogP contribution in [-0.4, -0.2) is 5.97 Å². The van der Waals surface area contributed by atoms with Crippen LogP contribution in [0.25, 0.3) is 0 Å². The van der Waals surface area contributed by atoms with E-state index in [0.717, 1.165) is 18.4 Å². The lowest BCUT2D eigenvalue weighted by Crippen LogP contribution is -2.13. The molecule has 2 heteroatoms. The van der Waals surface area contributed by atoms with Gasteiger partial charge in [-0.25, -0.2) is 0 Å². The Kier molecular flexibility index (Phi) is 4.73. The van der Waals surface area contributed by atoms with Crippen LogP contribution in [0.2, 0.25) is 0 Å². The molecule has 0 saturated carbocycles. The van der Waals surface area contributed by atoms with Crippen molar-refractivity contribution >= 4 is 5.97 Å². The van der Waals surface area contributed by atoms with E-state index in [1.54, 1.807) is 0 Å². The molecule has 94 valence electrons. The van der Waals surface area contributed by atoms with Crippen LogP contribution in [0.3, 0.4) is 0 Å². The van der Waals surface area contributed by atoms with Gasteiger partial charge in [-0.2, -0.15) is 0 Å². The number of ether oxygens (including phenoxy) is 1. The molecule has 0 aromatic heterocycles. The fourth-order valence-electron chi connectivity index (χ4n) is 1.73. The number of esters is 1. The molecule has 0 radical (unpaired) electrons. The van der Waals surface area contributed by atoms with Crippen molar-refractivity contribution in [3.63, 3.8) is 0 Å². The summed E-state index contributed by atoms with van der Waals surface area (Å²) in [6.07, 6.45) is 1.78. The van der Waals surface area contributed by atoms with Crippen molar-refractivity contribution in [1.29, 1.82) is 0 Å². The zero-order valence-electron chi connectivity index (χ0n) is 11.2. The number of hydrogen-bond acceptors (Lipinski definition) is 2. The first-order valence-electron chi connectivity index (χ1n) is 6.11. The maximum atomic E-state index is 11.1. The minimum atomic E-state index is -0.215. The van der Waals surface area contributed by atoms with E-state index in [9.17, 15) is 4.79 Å². The Bertz CT molecular complexity index is 349. The van der Waals surface area contributed by atoms with E-state index in [4.69, 9.17) is 4.74 Å². The molecule has 0 fully saturated rings. The normalized spacial score (nSPS) is 13.2. The molecule has 0 saturated heterocycles. The van der Waals surface area contributed by atoms with E-state index in [-0.39, 0.29) is 17.5 Å². The summed E-state index contributed by atoms with van der Waals surface area (Å²) in [5.74, 6) is -0.215. The molecule has 2 nitrogen and oxygen atoms in total. The number of hydrogen-bond donors (Lipinski definition) is 0. The van der Waals surface area contributed by atoms with E-state index in [0.29, 0.717) is 0 Å². The third-order valence-electron chi connectivity index (χ3n) is 2.64. The van der Waals surface area contributed by atoms with Crippen molar-refractivity contribution in [1.82, 2.24) is 0 Å². The van der Waals surface area contributed by atoms with Gasteiger partial charge >= 0.3 is 5.97 Å². The predicted molar refractivity (Wildman–Crippen MR) is 69.6 cm³/mol. The maximum Gasteiger partial charge on any atom is 0.303 e. The average molecular weight is 234 g/mol. The van der Waals surface area contributed by atoms with Crippen molar-refractivity contribution in [2.45, 2.75) is 46.6 Å². The Balaban J connectivity index is 2.71. The van der Waals surface area contributed by atoms with Gasteiger partial charge in [-0.05, 0) is 23.8 Å². The van der Waals surface area contributed by atoms with Gasteiger partial charge in [-0.15, -0.1) is 0 Å². The topological polar surface area (TPSA) is 26.3 Å². The Morgan fingerprint density at radius 3 is 2.29 bits per heavy atom. The minimum absolute atomic E-state index is 0.118. The van der Waals surface area contributed by atoms with Crippen LogP contribution >= 0.6 is 0 Å². The van der Waals surface area contributed by atoms with Gasteiger partial charge in [0.25, 0.3) is 0 Å². The highest BCUT2D eigenvalue weighted by Gasteiger charge is 2.18. The van der Waals surface area contributed by atoms with Gasteiger partial charge in [-0.1, -0.05) is 51.1 Å². The summed E-state index contributed by atoms with van der Waals surface area (Å²) >= 11 is 0. The van der Waals surface area contributed by atoms with E-state index in [2.05, 4.69) is 20.8 Å². The molecule has 0 amide bonds. The summed E-state index contributed by atoms with van der Waals surface area (Å²) in [5.41, 5.74) is 1.33. The molecule has 0 N–H and O–H groups in total. The van der Waals surface area contributed by atoms with E-state index in [1.165, 1.54) is 6.92 Å². The molecule has 0 aliphatic rings. The smallest absolute Gasteiger partial charge is 0.303 e. The van der Waals surface area contributed by atoms with E-state index >= 15 is 0 Å². The second-order valence-corrected chi connectivity index (χ2v) is 5.61. The maximum absolute atomic E-state index is 11.1. The SMILES string of the molecule is CC(=O)O[C@@H](CCC(C)(C)C)c1ccccc1. The summed E-state index contributed by atoms with van der Waals surface area (Å²) in [7, 11) is 0. The van der Waals surface area contributed by atoms with Crippen LogP contribution in [0.15, 0.2) is 30.3 Å². The quantitative estimate of drug-likeness (QED) is 0.733. The second kappa shape index (κ2) is 5.85. The van der Waals surface area contributed by atoms with Crippen molar-refractivity contribution in [2.75, 3.05) is 0 Å². The molecular formula is C15H22O2. The number of carbonyl (C=O) groups is 1. The first kappa shape index (κ1) is 13.8. The highest BCUT2D eigenvalue weighted by molar-refractivity contribution is 5.66. The van der Waals surface area contributed by atoms with Crippen LogP contribution in [0.5, 0.6) is 0 Å². The van der Waals surface area contributed by atoms with Gasteiger partial charge in [0, 0.05) is 6.92 Å². The van der Waals surface area contributed by atoms with Crippen molar-refractivity contribution in [2.24, 2.45) is 5.41 Å². The Hall–Kier alpha value is -1.31. The van der Waals surface area contributed by atoms with Crippen LogP contribution in [0, 0.1) is 5.41 Å². The van der Waals surface area contributed by atoms with Crippen LogP contribution in [-0.2, 0) is 9.53 Å². The van der Waals surface area contributed by atoms with Gasteiger partial charge in [0.2, 0.25) is 0 Å². The molecular weight excluding hydrogens is 212 g/mol. The Labute approximate surface area is 104 Å². The molecule has 0 unspecified atom stereocenters. The first-order chi connectivity index (χ1) is 7.88. The molecule has 0 spiro atoms. The summed E-state index contributed by atoms with van der Waals surface area (Å²) < 4.78 is 5.39. The highest BCUT2D eigenvalue weighted by atomic mass is 16.5. The molecule has 1 aromatic carbocycles. The van der Waals surface area contributed by atoms with Gasteiger partial charge in [0.15, 0.2) is 0 Å². The third kappa shape index (κ3) is 5.53. The van der Waals surface area contributed by atoms with Crippen LogP contribution in [0.4, 0.5) is 0 Å². The minimum Gasteiger partial charge on any atom is -0.458 e. The summed E-state index contributed by atoms with van der Waals surface area (Å²) in [4.78, 5) is 11.1. The largest absolute Gasteiger partial charge is 0.458 e. The molecule has 1 atom stereocenters. The third-order valence-corrected chi connectivity index (χ3v) is 2.64. The average Bonchev–Trinajstić information content (AvgIpc) is 2.24. The molecule has 1 rings (SSSR count). The van der Waals surface area contributed by atoms with Crippen LogP contribution in [0.1, 0.15) is 52.2 Å². The summed E-state index contributed by atoms with van der Waals surface area (Å²) in [6.45, 7) is 8.06. The Morgan fingerprint density at radius 1 is 1.24 bits per heavy atom. The molecule has 0 bridgehead atoms. The standard InChI is InChI=1S/C15H22O2/c1-12(16)17-14(10-11-15(2,3)4)13-8-6-5-7-9-13/h5-9,14H,10-11H2,1-4H3/t14-/m0/s1. The van der Waals surface area contributed by atoms with E-state index < -0.39 is 0 Å². The van der Waals surface area contributed by atoms with Gasteiger partial charge < -0.3 is 4.74 Å². The van der Waals surface area contributed by atoms with Gasteiger partial charge in [-0.3, -0.25) is 4.79 Å². The fourth-order valence-corrected chi connectivity index (χ4v) is 1.73. The van der Waals surface area contributed by atoms with E-state index in [1.807, 2.05) is 30.3 Å². The lowest BCUT2D eigenvalue weighted by Gasteiger charge is -2.23. The molecule has 0 aliphatic carbocycles. The predicted octanol–water partition coefficient (Wildman–Crippen LogP) is 4.12. The number of rotatable bonds is 4. The first-order valence-corrected chi connectivity index (χ1v) is 6.11. The highest BCUT2D eigenvalue weighted by Crippen LogP contribution is 2.29. The molecule has 17 heavy (non-hydrogen) atoms. The van der Waals surface area contributed by atoms with Crippen molar-refractivity contribution < 1.29 is 9.53 Å². The van der Waals surface area contributed by atoms with Gasteiger partial charge in [0.05, 0.1) is 0 Å². The zero-order valence-corrected chi connectivity index (χ0v) is 11.2. The van der Waals surface area contributed by atoms with Crippen LogP contribution < -0.4 is 0 Å². The molecule has 1 aromatic rings. The lowest BCUT2D eigenvalue weighted by atomic mass is 9.88. The number of carbonyl (C=O) groups excluding carboxylic acids is 1.